The average molecular weight is 380 g/mol. The molecule has 0 bridgehead atoms. The highest BCUT2D eigenvalue weighted by Crippen LogP contribution is 2.37. The molecule has 130 valence electrons. The fourth-order valence-electron chi connectivity index (χ4n) is 2.83. The van der Waals surface area contributed by atoms with Gasteiger partial charge in [-0.1, -0.05) is 30.3 Å². The molecule has 3 aromatic rings. The first-order valence-electron chi connectivity index (χ1n) is 8.19. The molecule has 2 amide bonds. The minimum absolute atomic E-state index is 0.0204. The third-order valence-electron chi connectivity index (χ3n) is 4.07. The predicted molar refractivity (Wildman–Crippen MR) is 107 cm³/mol. The summed E-state index contributed by atoms with van der Waals surface area (Å²) in [7, 11) is 0. The molecule has 0 saturated carbocycles. The second kappa shape index (κ2) is 7.35. The second-order valence-electron chi connectivity index (χ2n) is 5.92. The van der Waals surface area contributed by atoms with Gasteiger partial charge in [-0.2, -0.15) is 0 Å². The normalized spacial score (nSPS) is 15.3. The Balaban J connectivity index is 1.41. The molecule has 0 spiro atoms. The maximum Gasteiger partial charge on any atom is 0.265 e. The fraction of sp³-hybridized carbons (Fsp3) is 0.100. The van der Waals surface area contributed by atoms with Gasteiger partial charge in [-0.05, 0) is 47.7 Å². The lowest BCUT2D eigenvalue weighted by atomic mass is 10.1. The average Bonchev–Trinajstić information content (AvgIpc) is 3.31. The first kappa shape index (κ1) is 16.9. The summed E-state index contributed by atoms with van der Waals surface area (Å²) in [4.78, 5) is 26.6. The lowest BCUT2D eigenvalue weighted by Crippen LogP contribution is -2.24. The molecule has 2 heterocycles. The van der Waals surface area contributed by atoms with Crippen LogP contribution in [-0.2, 0) is 11.2 Å². The number of carbonyl (C=O) groups is 2. The monoisotopic (exact) mass is 380 g/mol. The largest absolute Gasteiger partial charge is 0.325 e. The fourth-order valence-corrected chi connectivity index (χ4v) is 4.64. The van der Waals surface area contributed by atoms with Crippen molar-refractivity contribution >= 4 is 46.3 Å². The topological polar surface area (TPSA) is 58.2 Å². The molecule has 2 N–H and O–H groups in total. The van der Waals surface area contributed by atoms with Crippen LogP contribution < -0.4 is 10.6 Å². The maximum absolute atomic E-state index is 12.6. The van der Waals surface area contributed by atoms with E-state index >= 15 is 0 Å². The third-order valence-corrected chi connectivity index (χ3v) is 6.26. The van der Waals surface area contributed by atoms with Crippen LogP contribution in [0, 0.1) is 0 Å². The first-order chi connectivity index (χ1) is 12.7. The highest BCUT2D eigenvalue weighted by Gasteiger charge is 2.28. The Hall–Kier alpha value is -2.57. The minimum Gasteiger partial charge on any atom is -0.325 e. The number of rotatable bonds is 4. The maximum atomic E-state index is 12.6. The van der Waals surface area contributed by atoms with Crippen LogP contribution in [0.15, 0.2) is 70.9 Å². The molecule has 0 saturated heterocycles. The molecule has 0 aliphatic carbocycles. The summed E-state index contributed by atoms with van der Waals surface area (Å²) >= 11 is 2.99. The summed E-state index contributed by atoms with van der Waals surface area (Å²) < 4.78 is 0. The van der Waals surface area contributed by atoms with E-state index in [4.69, 9.17) is 0 Å². The second-order valence-corrected chi connectivity index (χ2v) is 8.11. The van der Waals surface area contributed by atoms with E-state index in [2.05, 4.69) is 16.7 Å². The number of thiophene rings is 1. The number of hydrogen-bond donors (Lipinski definition) is 2. The Labute approximate surface area is 159 Å². The smallest absolute Gasteiger partial charge is 0.265 e. The molecule has 1 aromatic heterocycles. The Bertz CT molecular complexity index is 929. The highest BCUT2D eigenvalue weighted by atomic mass is 32.2. The zero-order valence-corrected chi connectivity index (χ0v) is 15.4. The third kappa shape index (κ3) is 3.66. The standard InChI is InChI=1S/C20H16N2O2S2/c23-19(17-9-4-10-25-17)21-14-6-3-7-15(12-14)22-20(24)18-11-13-5-1-2-8-16(13)26-18/h1-10,12,18H,11H2,(H,21,23)(H,22,24). The summed E-state index contributed by atoms with van der Waals surface area (Å²) in [6, 6.07) is 18.9. The molecular formula is C20H16N2O2S2. The Morgan fingerprint density at radius 2 is 1.73 bits per heavy atom. The molecule has 0 radical (unpaired) electrons. The van der Waals surface area contributed by atoms with Gasteiger partial charge in [0.2, 0.25) is 5.91 Å². The number of benzene rings is 2. The van der Waals surface area contributed by atoms with E-state index in [9.17, 15) is 9.59 Å². The van der Waals surface area contributed by atoms with Crippen LogP contribution in [0.5, 0.6) is 0 Å². The SMILES string of the molecule is O=C(Nc1cccc(NC(=O)C2Cc3ccccc3S2)c1)c1cccs1. The number of thioether (sulfide) groups is 1. The Kier molecular flexibility index (Phi) is 4.77. The van der Waals surface area contributed by atoms with Crippen molar-refractivity contribution in [2.24, 2.45) is 0 Å². The summed E-state index contributed by atoms with van der Waals surface area (Å²) in [5.41, 5.74) is 2.55. The van der Waals surface area contributed by atoms with Crippen molar-refractivity contribution in [3.8, 4) is 0 Å². The van der Waals surface area contributed by atoms with Gasteiger partial charge in [0.1, 0.15) is 0 Å². The number of carbonyl (C=O) groups excluding carboxylic acids is 2. The van der Waals surface area contributed by atoms with E-state index in [0.29, 0.717) is 16.3 Å². The summed E-state index contributed by atoms with van der Waals surface area (Å²) in [6.07, 6.45) is 0.738. The van der Waals surface area contributed by atoms with Gasteiger partial charge in [0.25, 0.3) is 5.91 Å². The molecule has 6 heteroatoms. The van der Waals surface area contributed by atoms with Gasteiger partial charge >= 0.3 is 0 Å². The van der Waals surface area contributed by atoms with E-state index in [1.807, 2.05) is 41.8 Å². The predicted octanol–water partition coefficient (Wildman–Crippen LogP) is 4.66. The number of fused-ring (bicyclic) bond motifs is 1. The molecular weight excluding hydrogens is 364 g/mol. The van der Waals surface area contributed by atoms with Crippen molar-refractivity contribution in [2.75, 3.05) is 10.6 Å². The summed E-state index contributed by atoms with van der Waals surface area (Å²) in [5.74, 6) is -0.168. The van der Waals surface area contributed by atoms with Crippen molar-refractivity contribution in [2.45, 2.75) is 16.6 Å². The molecule has 1 unspecified atom stereocenters. The molecule has 1 aliphatic rings. The molecule has 1 aliphatic heterocycles. The van der Waals surface area contributed by atoms with E-state index in [1.165, 1.54) is 21.8 Å². The van der Waals surface area contributed by atoms with Crippen LogP contribution in [0.2, 0.25) is 0 Å². The van der Waals surface area contributed by atoms with Crippen LogP contribution in [0.25, 0.3) is 0 Å². The zero-order valence-electron chi connectivity index (χ0n) is 13.8. The highest BCUT2D eigenvalue weighted by molar-refractivity contribution is 8.01. The van der Waals surface area contributed by atoms with Crippen LogP contribution in [0.3, 0.4) is 0 Å². The van der Waals surface area contributed by atoms with E-state index in [-0.39, 0.29) is 17.1 Å². The van der Waals surface area contributed by atoms with Crippen molar-refractivity contribution in [3.05, 3.63) is 76.5 Å². The lowest BCUT2D eigenvalue weighted by Gasteiger charge is -2.11. The quantitative estimate of drug-likeness (QED) is 0.692. The van der Waals surface area contributed by atoms with E-state index in [0.717, 1.165) is 6.42 Å². The number of nitrogens with one attached hydrogen (secondary N) is 2. The number of anilines is 2. The Morgan fingerprint density at radius 1 is 0.923 bits per heavy atom. The van der Waals surface area contributed by atoms with Gasteiger partial charge in [-0.25, -0.2) is 0 Å². The molecule has 4 nitrogen and oxygen atoms in total. The first-order valence-corrected chi connectivity index (χ1v) is 9.95. The van der Waals surface area contributed by atoms with Crippen molar-refractivity contribution < 1.29 is 9.59 Å². The van der Waals surface area contributed by atoms with Gasteiger partial charge in [-0.3, -0.25) is 9.59 Å². The van der Waals surface area contributed by atoms with Crippen molar-refractivity contribution in [1.29, 1.82) is 0 Å². The molecule has 1 atom stereocenters. The van der Waals surface area contributed by atoms with Gasteiger partial charge < -0.3 is 10.6 Å². The molecule has 4 rings (SSSR count). The van der Waals surface area contributed by atoms with Crippen molar-refractivity contribution in [1.82, 2.24) is 0 Å². The zero-order chi connectivity index (χ0) is 17.9. The van der Waals surface area contributed by atoms with E-state index < -0.39 is 0 Å². The van der Waals surface area contributed by atoms with Crippen molar-refractivity contribution in [3.63, 3.8) is 0 Å². The summed E-state index contributed by atoms with van der Waals surface area (Å²) in [5, 5.41) is 7.55. The molecule has 26 heavy (non-hydrogen) atoms. The van der Waals surface area contributed by atoms with Crippen LogP contribution >= 0.6 is 23.1 Å². The van der Waals surface area contributed by atoms with E-state index in [1.54, 1.807) is 30.0 Å². The minimum atomic E-state index is -0.148. The van der Waals surface area contributed by atoms with Gasteiger partial charge in [0.15, 0.2) is 0 Å². The molecule has 0 fully saturated rings. The van der Waals surface area contributed by atoms with Gasteiger partial charge in [0.05, 0.1) is 10.1 Å². The summed E-state index contributed by atoms with van der Waals surface area (Å²) in [6.45, 7) is 0. The van der Waals surface area contributed by atoms with Crippen LogP contribution in [0.1, 0.15) is 15.2 Å². The van der Waals surface area contributed by atoms with Crippen LogP contribution in [0.4, 0.5) is 11.4 Å². The molecule has 2 aromatic carbocycles. The number of amides is 2. The van der Waals surface area contributed by atoms with Gasteiger partial charge in [-0.15, -0.1) is 23.1 Å². The Morgan fingerprint density at radius 3 is 2.50 bits per heavy atom. The number of hydrogen-bond acceptors (Lipinski definition) is 4. The van der Waals surface area contributed by atoms with Gasteiger partial charge in [0, 0.05) is 16.3 Å². The van der Waals surface area contributed by atoms with Crippen LogP contribution in [-0.4, -0.2) is 17.1 Å². The lowest BCUT2D eigenvalue weighted by molar-refractivity contribution is -0.115.